The number of carboxylic acid groups (broad SMARTS) is 1. The Morgan fingerprint density at radius 3 is 2.72 bits per heavy atom. The van der Waals surface area contributed by atoms with Crippen LogP contribution in [0.15, 0.2) is 24.3 Å². The lowest BCUT2D eigenvalue weighted by Crippen LogP contribution is -2.26. The summed E-state index contributed by atoms with van der Waals surface area (Å²) in [6.45, 7) is 0.810. The molecule has 0 atom stereocenters. The normalized spacial score (nSPS) is 10.1. The molecule has 0 saturated heterocycles. The van der Waals surface area contributed by atoms with Crippen LogP contribution in [0.3, 0.4) is 0 Å². The minimum Gasteiger partial charge on any atom is -0.478 e. The Labute approximate surface area is 106 Å². The number of methoxy groups -OCH3 is 1. The molecule has 1 aromatic carbocycles. The minimum absolute atomic E-state index is 0.0929. The molecule has 0 aliphatic rings. The van der Waals surface area contributed by atoms with E-state index in [1.807, 2.05) is 0 Å². The van der Waals surface area contributed by atoms with Crippen molar-refractivity contribution in [1.82, 2.24) is 5.32 Å². The number of carboxylic acids is 1. The zero-order valence-electron chi connectivity index (χ0n) is 10.3. The van der Waals surface area contributed by atoms with E-state index in [1.54, 1.807) is 24.3 Å². The van der Waals surface area contributed by atoms with Crippen LogP contribution in [0, 0.1) is 0 Å². The molecule has 98 valence electrons. The maximum absolute atomic E-state index is 11.3. The average molecular weight is 251 g/mol. The third kappa shape index (κ3) is 4.55. The van der Waals surface area contributed by atoms with Gasteiger partial charge in [0.05, 0.1) is 12.2 Å². The van der Waals surface area contributed by atoms with Gasteiger partial charge < -0.3 is 15.2 Å². The lowest BCUT2D eigenvalue weighted by atomic mass is 10.0. The molecule has 0 aliphatic heterocycles. The summed E-state index contributed by atoms with van der Waals surface area (Å²) in [6, 6.07) is 6.79. The largest absolute Gasteiger partial charge is 0.478 e. The van der Waals surface area contributed by atoms with Gasteiger partial charge in [-0.15, -0.1) is 0 Å². The number of carbonyl (C=O) groups excluding carboxylic acids is 1. The van der Waals surface area contributed by atoms with Gasteiger partial charge in [0, 0.05) is 20.1 Å². The van der Waals surface area contributed by atoms with E-state index in [0.29, 0.717) is 26.0 Å². The van der Waals surface area contributed by atoms with E-state index in [0.717, 1.165) is 5.56 Å². The predicted octanol–water partition coefficient (Wildman–Crippen LogP) is 1.08. The van der Waals surface area contributed by atoms with Crippen molar-refractivity contribution < 1.29 is 19.4 Å². The summed E-state index contributed by atoms with van der Waals surface area (Å²) in [5.41, 5.74) is 1.00. The highest BCUT2D eigenvalue weighted by Gasteiger charge is 2.08. The number of aromatic carboxylic acids is 1. The van der Waals surface area contributed by atoms with Gasteiger partial charge in [-0.25, -0.2) is 4.79 Å². The lowest BCUT2D eigenvalue weighted by molar-refractivity contribution is -0.121. The third-order valence-corrected chi connectivity index (χ3v) is 2.50. The van der Waals surface area contributed by atoms with E-state index < -0.39 is 5.97 Å². The van der Waals surface area contributed by atoms with E-state index in [1.165, 1.54) is 7.11 Å². The second-order valence-electron chi connectivity index (χ2n) is 3.81. The molecule has 0 spiro atoms. The van der Waals surface area contributed by atoms with Gasteiger partial charge in [-0.2, -0.15) is 0 Å². The van der Waals surface area contributed by atoms with Crippen molar-refractivity contribution in [2.24, 2.45) is 0 Å². The van der Waals surface area contributed by atoms with Crippen LogP contribution in [0.5, 0.6) is 0 Å². The second kappa shape index (κ2) is 7.45. The highest BCUT2D eigenvalue weighted by atomic mass is 16.5. The number of nitrogens with one attached hydrogen (secondary N) is 1. The molecule has 18 heavy (non-hydrogen) atoms. The molecule has 0 saturated carbocycles. The highest BCUT2D eigenvalue weighted by molar-refractivity contribution is 5.89. The molecule has 0 heterocycles. The summed E-state index contributed by atoms with van der Waals surface area (Å²) in [7, 11) is 1.54. The van der Waals surface area contributed by atoms with Crippen LogP contribution in [0.1, 0.15) is 22.3 Å². The van der Waals surface area contributed by atoms with Gasteiger partial charge in [-0.05, 0) is 18.1 Å². The molecule has 1 aromatic rings. The van der Waals surface area contributed by atoms with Gasteiger partial charge in [0.25, 0.3) is 0 Å². The van der Waals surface area contributed by atoms with Crippen molar-refractivity contribution in [2.45, 2.75) is 12.8 Å². The number of amides is 1. The van der Waals surface area contributed by atoms with Crippen LogP contribution in [0.25, 0.3) is 0 Å². The van der Waals surface area contributed by atoms with Crippen molar-refractivity contribution in [3.63, 3.8) is 0 Å². The summed E-state index contributed by atoms with van der Waals surface area (Å²) in [6.07, 6.45) is 0.818. The molecular weight excluding hydrogens is 234 g/mol. The topological polar surface area (TPSA) is 75.6 Å². The maximum atomic E-state index is 11.3. The fraction of sp³-hybridized carbons (Fsp3) is 0.385. The summed E-state index contributed by atoms with van der Waals surface area (Å²) in [5, 5.41) is 11.7. The number of ether oxygens (including phenoxy) is 1. The van der Waals surface area contributed by atoms with E-state index in [9.17, 15) is 9.59 Å². The molecule has 5 heteroatoms. The quantitative estimate of drug-likeness (QED) is 0.760. The lowest BCUT2D eigenvalue weighted by Gasteiger charge is -2.07. The average Bonchev–Trinajstić information content (AvgIpc) is 2.36. The number of rotatable bonds is 7. The first-order valence-corrected chi connectivity index (χ1v) is 5.72. The second-order valence-corrected chi connectivity index (χ2v) is 3.81. The van der Waals surface area contributed by atoms with Crippen LogP contribution in [-0.4, -0.2) is 37.2 Å². The van der Waals surface area contributed by atoms with Crippen molar-refractivity contribution >= 4 is 11.9 Å². The van der Waals surface area contributed by atoms with Gasteiger partial charge in [0.1, 0.15) is 0 Å². The molecule has 0 aliphatic carbocycles. The number of hydrogen-bond donors (Lipinski definition) is 2. The number of carbonyl (C=O) groups is 2. The third-order valence-electron chi connectivity index (χ3n) is 2.50. The molecule has 0 radical (unpaired) electrons. The Hall–Kier alpha value is -1.88. The van der Waals surface area contributed by atoms with E-state index in [4.69, 9.17) is 9.84 Å². The van der Waals surface area contributed by atoms with E-state index >= 15 is 0 Å². The maximum Gasteiger partial charge on any atom is 0.335 e. The van der Waals surface area contributed by atoms with Gasteiger partial charge in [0.2, 0.25) is 5.91 Å². The van der Waals surface area contributed by atoms with Crippen LogP contribution in [0.2, 0.25) is 0 Å². The first-order chi connectivity index (χ1) is 8.65. The monoisotopic (exact) mass is 251 g/mol. The Morgan fingerprint density at radius 1 is 1.33 bits per heavy atom. The zero-order chi connectivity index (χ0) is 13.4. The number of benzene rings is 1. The molecular formula is C13H17NO4. The Balaban J connectivity index is 2.44. The van der Waals surface area contributed by atoms with Crippen molar-refractivity contribution in [3.05, 3.63) is 35.4 Å². The first kappa shape index (κ1) is 14.2. The molecule has 1 amide bonds. The van der Waals surface area contributed by atoms with E-state index in [-0.39, 0.29) is 11.5 Å². The summed E-state index contributed by atoms with van der Waals surface area (Å²) in [5.74, 6) is -1.04. The molecule has 0 fully saturated rings. The molecule has 0 unspecified atom stereocenters. The molecule has 0 aromatic heterocycles. The van der Waals surface area contributed by atoms with E-state index in [2.05, 4.69) is 5.32 Å². The fourth-order valence-corrected chi connectivity index (χ4v) is 1.57. The summed E-state index contributed by atoms with van der Waals surface area (Å²) in [4.78, 5) is 22.3. The number of hydrogen-bond acceptors (Lipinski definition) is 3. The van der Waals surface area contributed by atoms with Crippen LogP contribution in [0.4, 0.5) is 0 Å². The van der Waals surface area contributed by atoms with Gasteiger partial charge in [-0.1, -0.05) is 18.2 Å². The van der Waals surface area contributed by atoms with Crippen molar-refractivity contribution in [2.75, 3.05) is 20.3 Å². The minimum atomic E-state index is -0.948. The van der Waals surface area contributed by atoms with Gasteiger partial charge in [-0.3, -0.25) is 4.79 Å². The van der Waals surface area contributed by atoms with Crippen LogP contribution < -0.4 is 5.32 Å². The Morgan fingerprint density at radius 2 is 2.06 bits per heavy atom. The molecule has 1 rings (SSSR count). The van der Waals surface area contributed by atoms with Crippen molar-refractivity contribution in [3.8, 4) is 0 Å². The summed E-state index contributed by atoms with van der Waals surface area (Å²) < 4.78 is 4.79. The highest BCUT2D eigenvalue weighted by Crippen LogP contribution is 2.08. The van der Waals surface area contributed by atoms with Gasteiger partial charge >= 0.3 is 5.97 Å². The van der Waals surface area contributed by atoms with Gasteiger partial charge in [0.15, 0.2) is 0 Å². The fourth-order valence-electron chi connectivity index (χ4n) is 1.57. The van der Waals surface area contributed by atoms with Crippen LogP contribution >= 0.6 is 0 Å². The smallest absolute Gasteiger partial charge is 0.335 e. The SMILES string of the molecule is COCCC(=O)NCCc1ccccc1C(=O)O. The molecule has 0 bridgehead atoms. The predicted molar refractivity (Wildman–Crippen MR) is 66.6 cm³/mol. The van der Waals surface area contributed by atoms with Crippen LogP contribution in [-0.2, 0) is 16.0 Å². The Bertz CT molecular complexity index is 417. The standard InChI is InChI=1S/C13H17NO4/c1-18-9-7-12(15)14-8-6-10-4-2-3-5-11(10)13(16)17/h2-5H,6-9H2,1H3,(H,14,15)(H,16,17). The molecule has 5 nitrogen and oxygen atoms in total. The summed E-state index contributed by atoms with van der Waals surface area (Å²) >= 11 is 0. The Kier molecular flexibility index (Phi) is 5.87. The van der Waals surface area contributed by atoms with Crippen molar-refractivity contribution in [1.29, 1.82) is 0 Å². The first-order valence-electron chi connectivity index (χ1n) is 5.72. The zero-order valence-corrected chi connectivity index (χ0v) is 10.3. The molecule has 2 N–H and O–H groups in total.